The Morgan fingerprint density at radius 1 is 1.15 bits per heavy atom. The number of aromatic nitrogens is 3. The van der Waals surface area contributed by atoms with Crippen molar-refractivity contribution in [2.45, 2.75) is 36.2 Å². The van der Waals surface area contributed by atoms with E-state index in [2.05, 4.69) is 10.3 Å². The molecular formula is C24H23FN4O3S. The molecule has 0 saturated heterocycles. The summed E-state index contributed by atoms with van der Waals surface area (Å²) < 4.78 is 26.7. The molecule has 0 saturated carbocycles. The topological polar surface area (TPSA) is 78.3 Å². The first kappa shape index (κ1) is 21.5. The minimum atomic E-state index is -0.431. The molecule has 0 fully saturated rings. The van der Waals surface area contributed by atoms with Gasteiger partial charge >= 0.3 is 0 Å². The molecule has 5 rings (SSSR count). The smallest absolute Gasteiger partial charge is 0.227 e. The van der Waals surface area contributed by atoms with E-state index in [9.17, 15) is 9.18 Å². The number of allylic oxidation sites excluding steroid dienone is 2. The molecule has 0 amide bonds. The van der Waals surface area contributed by atoms with Gasteiger partial charge in [0.1, 0.15) is 11.9 Å². The Bertz CT molecular complexity index is 1260. The van der Waals surface area contributed by atoms with Gasteiger partial charge in [-0.1, -0.05) is 36.0 Å². The third kappa shape index (κ3) is 3.97. The first-order valence-corrected chi connectivity index (χ1v) is 11.7. The molecule has 0 radical (unpaired) electrons. The van der Waals surface area contributed by atoms with Gasteiger partial charge in [0.25, 0.3) is 0 Å². The highest BCUT2D eigenvalue weighted by Crippen LogP contribution is 2.42. The molecule has 1 aromatic heterocycles. The molecule has 0 bridgehead atoms. The number of benzene rings is 2. The van der Waals surface area contributed by atoms with Crippen molar-refractivity contribution in [3.05, 3.63) is 70.7 Å². The maximum atomic E-state index is 14.0. The average Bonchev–Trinajstić information content (AvgIpc) is 3.24. The number of nitrogens with one attached hydrogen (secondary N) is 1. The number of anilines is 1. The fourth-order valence-electron chi connectivity index (χ4n) is 4.29. The molecule has 1 aliphatic heterocycles. The van der Waals surface area contributed by atoms with E-state index in [1.165, 1.54) is 17.8 Å². The number of nitrogens with zero attached hydrogens (tertiary/aromatic N) is 3. The minimum absolute atomic E-state index is 0.102. The van der Waals surface area contributed by atoms with Gasteiger partial charge in [0, 0.05) is 23.4 Å². The van der Waals surface area contributed by atoms with Gasteiger partial charge in [0.2, 0.25) is 11.1 Å². The van der Waals surface area contributed by atoms with Crippen molar-refractivity contribution in [2.24, 2.45) is 0 Å². The Hall–Kier alpha value is -3.33. The van der Waals surface area contributed by atoms with Crippen molar-refractivity contribution in [1.82, 2.24) is 14.8 Å². The number of methoxy groups -OCH3 is 2. The van der Waals surface area contributed by atoms with Crippen LogP contribution in [0.5, 0.6) is 11.5 Å². The molecule has 33 heavy (non-hydrogen) atoms. The van der Waals surface area contributed by atoms with E-state index in [0.717, 1.165) is 24.1 Å². The lowest BCUT2D eigenvalue weighted by atomic mass is 9.85. The number of ether oxygens (including phenoxy) is 2. The maximum absolute atomic E-state index is 14.0. The molecule has 9 heteroatoms. The molecule has 0 spiro atoms. The number of carbonyl (C=O) groups is 1. The largest absolute Gasteiger partial charge is 0.493 e. The molecule has 2 aromatic carbocycles. The maximum Gasteiger partial charge on any atom is 0.227 e. The normalized spacial score (nSPS) is 17.3. The summed E-state index contributed by atoms with van der Waals surface area (Å²) in [7, 11) is 3.17. The molecule has 3 aromatic rings. The van der Waals surface area contributed by atoms with E-state index >= 15 is 0 Å². The van der Waals surface area contributed by atoms with Crippen molar-refractivity contribution >= 4 is 23.5 Å². The van der Waals surface area contributed by atoms with Crippen molar-refractivity contribution in [3.63, 3.8) is 0 Å². The second kappa shape index (κ2) is 8.90. The Labute approximate surface area is 195 Å². The van der Waals surface area contributed by atoms with E-state index < -0.39 is 6.04 Å². The van der Waals surface area contributed by atoms with Gasteiger partial charge in [-0.15, -0.1) is 5.10 Å². The molecule has 170 valence electrons. The third-order valence-corrected chi connectivity index (χ3v) is 6.77. The zero-order valence-corrected chi connectivity index (χ0v) is 19.1. The zero-order valence-electron chi connectivity index (χ0n) is 18.3. The Morgan fingerprint density at radius 3 is 2.76 bits per heavy atom. The number of rotatable bonds is 6. The number of Topliss-reactive ketones (excluding diaryl/α,β-unsaturated/α-hetero) is 1. The predicted octanol–water partition coefficient (Wildman–Crippen LogP) is 4.75. The second-order valence-corrected chi connectivity index (χ2v) is 8.80. The highest BCUT2D eigenvalue weighted by atomic mass is 32.2. The van der Waals surface area contributed by atoms with E-state index in [1.54, 1.807) is 31.0 Å². The standard InChI is InChI=1S/C24H23FN4O3S/c1-31-19-11-10-14(12-20(19)32-2)22-21-17(8-5-9-18(21)30)26-23-27-24(28-29(22)23)33-13-15-6-3-4-7-16(15)25/h3-4,6-7,10-12,22H,5,8-9,13H2,1-2H3,(H,26,27,28). The number of hydrogen-bond donors (Lipinski definition) is 1. The zero-order chi connectivity index (χ0) is 22.9. The van der Waals surface area contributed by atoms with Gasteiger partial charge in [0.15, 0.2) is 17.3 Å². The van der Waals surface area contributed by atoms with E-state index in [4.69, 9.17) is 14.6 Å². The van der Waals surface area contributed by atoms with Crippen molar-refractivity contribution in [3.8, 4) is 11.5 Å². The summed E-state index contributed by atoms with van der Waals surface area (Å²) in [6.07, 6.45) is 2.07. The van der Waals surface area contributed by atoms with Gasteiger partial charge in [-0.05, 0) is 42.2 Å². The predicted molar refractivity (Wildman–Crippen MR) is 123 cm³/mol. The van der Waals surface area contributed by atoms with Crippen LogP contribution in [0.2, 0.25) is 0 Å². The molecule has 1 N–H and O–H groups in total. The SMILES string of the molecule is COc1ccc(C2C3=C(CCCC3=O)Nc3nc(SCc4ccccc4F)nn32)cc1OC. The van der Waals surface area contributed by atoms with E-state index in [-0.39, 0.29) is 11.6 Å². The van der Waals surface area contributed by atoms with Crippen molar-refractivity contribution < 1.29 is 18.7 Å². The second-order valence-electron chi connectivity index (χ2n) is 7.85. The summed E-state index contributed by atoms with van der Waals surface area (Å²) in [5.41, 5.74) is 3.04. The third-order valence-electron chi connectivity index (χ3n) is 5.89. The van der Waals surface area contributed by atoms with Gasteiger partial charge in [-0.2, -0.15) is 4.98 Å². The number of halogens is 1. The first-order valence-electron chi connectivity index (χ1n) is 10.7. The lowest BCUT2D eigenvalue weighted by molar-refractivity contribution is -0.116. The Balaban J connectivity index is 1.54. The Morgan fingerprint density at radius 2 is 1.97 bits per heavy atom. The number of hydrogen-bond acceptors (Lipinski definition) is 7. The van der Waals surface area contributed by atoms with Gasteiger partial charge in [0.05, 0.1) is 14.2 Å². The first-order chi connectivity index (χ1) is 16.1. The number of carbonyl (C=O) groups excluding carboxylic acids is 1. The summed E-state index contributed by atoms with van der Waals surface area (Å²) >= 11 is 1.36. The fourth-order valence-corrected chi connectivity index (χ4v) is 5.10. The summed E-state index contributed by atoms with van der Waals surface area (Å²) in [5, 5.41) is 8.53. The molecular weight excluding hydrogens is 443 g/mol. The highest BCUT2D eigenvalue weighted by Gasteiger charge is 2.37. The highest BCUT2D eigenvalue weighted by molar-refractivity contribution is 7.98. The molecule has 1 atom stereocenters. The molecule has 7 nitrogen and oxygen atoms in total. The monoisotopic (exact) mass is 466 g/mol. The molecule has 2 aliphatic rings. The summed E-state index contributed by atoms with van der Waals surface area (Å²) in [4.78, 5) is 17.6. The van der Waals surface area contributed by atoms with Crippen LogP contribution < -0.4 is 14.8 Å². The van der Waals surface area contributed by atoms with Crippen LogP contribution in [0.15, 0.2) is 58.9 Å². The van der Waals surface area contributed by atoms with Crippen LogP contribution in [0.3, 0.4) is 0 Å². The number of fused-ring (bicyclic) bond motifs is 1. The van der Waals surface area contributed by atoms with Crippen molar-refractivity contribution in [2.75, 3.05) is 19.5 Å². The summed E-state index contributed by atoms with van der Waals surface area (Å²) in [5.74, 6) is 2.01. The van der Waals surface area contributed by atoms with Gasteiger partial charge in [-0.3, -0.25) is 4.79 Å². The molecule has 1 unspecified atom stereocenters. The quantitative estimate of drug-likeness (QED) is 0.525. The summed E-state index contributed by atoms with van der Waals surface area (Å²) in [6, 6.07) is 11.9. The number of ketones is 1. The van der Waals surface area contributed by atoms with Crippen LogP contribution in [0.1, 0.15) is 36.4 Å². The average molecular weight is 467 g/mol. The molecule has 1 aliphatic carbocycles. The van der Waals surface area contributed by atoms with Crippen LogP contribution in [0, 0.1) is 5.82 Å². The van der Waals surface area contributed by atoms with E-state index in [1.807, 2.05) is 24.3 Å². The summed E-state index contributed by atoms with van der Waals surface area (Å²) in [6.45, 7) is 0. The van der Waals surface area contributed by atoms with Crippen LogP contribution >= 0.6 is 11.8 Å². The van der Waals surface area contributed by atoms with Gasteiger partial charge in [-0.25, -0.2) is 9.07 Å². The minimum Gasteiger partial charge on any atom is -0.493 e. The Kier molecular flexibility index (Phi) is 5.80. The van der Waals surface area contributed by atoms with Crippen LogP contribution in [0.4, 0.5) is 10.3 Å². The fraction of sp³-hybridized carbons (Fsp3) is 0.292. The lowest BCUT2D eigenvalue weighted by Crippen LogP contribution is -2.31. The van der Waals surface area contributed by atoms with E-state index in [0.29, 0.717) is 45.9 Å². The van der Waals surface area contributed by atoms with Crippen LogP contribution in [-0.2, 0) is 10.5 Å². The van der Waals surface area contributed by atoms with Crippen LogP contribution in [-0.4, -0.2) is 34.8 Å². The van der Waals surface area contributed by atoms with Crippen LogP contribution in [0.25, 0.3) is 0 Å². The molecule has 2 heterocycles. The lowest BCUT2D eigenvalue weighted by Gasteiger charge is -2.32. The van der Waals surface area contributed by atoms with Crippen molar-refractivity contribution in [1.29, 1.82) is 0 Å². The van der Waals surface area contributed by atoms with Gasteiger partial charge < -0.3 is 14.8 Å². The number of thioether (sulfide) groups is 1.